The molecule has 21 heavy (non-hydrogen) atoms. The van der Waals surface area contributed by atoms with Gasteiger partial charge in [-0.2, -0.15) is 15.0 Å². The molecule has 1 aromatic heterocycles. The van der Waals surface area contributed by atoms with Crippen molar-refractivity contribution in [2.45, 2.75) is 0 Å². The van der Waals surface area contributed by atoms with Gasteiger partial charge < -0.3 is 20.3 Å². The summed E-state index contributed by atoms with van der Waals surface area (Å²) in [6, 6.07) is 9.90. The smallest absolute Gasteiger partial charge is 0.236 e. The van der Waals surface area contributed by atoms with E-state index in [0.29, 0.717) is 25.1 Å². The van der Waals surface area contributed by atoms with E-state index in [2.05, 4.69) is 19.9 Å². The van der Waals surface area contributed by atoms with Crippen LogP contribution in [-0.2, 0) is 4.74 Å². The minimum absolute atomic E-state index is 0.226. The van der Waals surface area contributed by atoms with Gasteiger partial charge in [-0.05, 0) is 12.1 Å². The van der Waals surface area contributed by atoms with E-state index in [1.54, 1.807) is 0 Å². The first-order valence-electron chi connectivity index (χ1n) is 6.87. The van der Waals surface area contributed by atoms with Crippen molar-refractivity contribution in [2.24, 2.45) is 0 Å². The second kappa shape index (κ2) is 5.92. The largest absolute Gasteiger partial charge is 0.378 e. The molecule has 0 spiro atoms. The van der Waals surface area contributed by atoms with Crippen molar-refractivity contribution in [3.63, 3.8) is 0 Å². The lowest BCUT2D eigenvalue weighted by molar-refractivity contribution is 0.122. The minimum atomic E-state index is 0.226. The second-order valence-corrected chi connectivity index (χ2v) is 4.79. The summed E-state index contributed by atoms with van der Waals surface area (Å²) in [5, 5.41) is 0. The van der Waals surface area contributed by atoms with Gasteiger partial charge in [-0.15, -0.1) is 0 Å². The summed E-state index contributed by atoms with van der Waals surface area (Å²) < 4.78 is 5.34. The second-order valence-electron chi connectivity index (χ2n) is 4.79. The van der Waals surface area contributed by atoms with E-state index < -0.39 is 0 Å². The monoisotopic (exact) mass is 286 g/mol. The van der Waals surface area contributed by atoms with Crippen LogP contribution in [0.2, 0.25) is 0 Å². The number of anilines is 4. The van der Waals surface area contributed by atoms with Crippen LogP contribution in [0, 0.1) is 0 Å². The minimum Gasteiger partial charge on any atom is -0.378 e. The van der Waals surface area contributed by atoms with Crippen molar-refractivity contribution in [1.29, 1.82) is 0 Å². The predicted molar refractivity (Wildman–Crippen MR) is 81.8 cm³/mol. The van der Waals surface area contributed by atoms with Gasteiger partial charge >= 0.3 is 0 Å². The molecule has 0 amide bonds. The molecule has 7 nitrogen and oxygen atoms in total. The Morgan fingerprint density at radius 3 is 2.52 bits per heavy atom. The third-order valence-corrected chi connectivity index (χ3v) is 3.37. The van der Waals surface area contributed by atoms with Crippen LogP contribution in [0.15, 0.2) is 30.3 Å². The Labute approximate surface area is 123 Å². The lowest BCUT2D eigenvalue weighted by Crippen LogP contribution is -2.37. The van der Waals surface area contributed by atoms with Gasteiger partial charge in [0, 0.05) is 25.8 Å². The molecular weight excluding hydrogens is 268 g/mol. The number of hydrogen-bond donors (Lipinski definition) is 1. The third kappa shape index (κ3) is 3.03. The summed E-state index contributed by atoms with van der Waals surface area (Å²) in [5.41, 5.74) is 6.83. The first-order chi connectivity index (χ1) is 10.2. The van der Waals surface area contributed by atoms with E-state index in [-0.39, 0.29) is 5.95 Å². The molecule has 0 unspecified atom stereocenters. The fourth-order valence-corrected chi connectivity index (χ4v) is 2.19. The van der Waals surface area contributed by atoms with Crippen molar-refractivity contribution >= 4 is 23.5 Å². The Kier molecular flexibility index (Phi) is 3.83. The highest BCUT2D eigenvalue weighted by atomic mass is 16.5. The molecule has 1 aliphatic heterocycles. The average molecular weight is 286 g/mol. The van der Waals surface area contributed by atoms with Crippen LogP contribution in [-0.4, -0.2) is 48.3 Å². The van der Waals surface area contributed by atoms with Crippen LogP contribution >= 0.6 is 0 Å². The number of para-hydroxylation sites is 1. The molecule has 0 aliphatic carbocycles. The summed E-state index contributed by atoms with van der Waals surface area (Å²) in [6.07, 6.45) is 0. The molecule has 1 aromatic carbocycles. The van der Waals surface area contributed by atoms with Gasteiger partial charge in [0.25, 0.3) is 0 Å². The summed E-state index contributed by atoms with van der Waals surface area (Å²) in [7, 11) is 1.91. The van der Waals surface area contributed by atoms with Crippen molar-refractivity contribution < 1.29 is 4.74 Å². The normalized spacial score (nSPS) is 15.0. The molecule has 1 saturated heterocycles. The van der Waals surface area contributed by atoms with E-state index >= 15 is 0 Å². The van der Waals surface area contributed by atoms with Crippen molar-refractivity contribution in [3.05, 3.63) is 30.3 Å². The third-order valence-electron chi connectivity index (χ3n) is 3.37. The molecule has 3 rings (SSSR count). The summed E-state index contributed by atoms with van der Waals surface area (Å²) in [5.74, 6) is 1.36. The fourth-order valence-electron chi connectivity index (χ4n) is 2.19. The molecule has 1 aliphatic rings. The molecule has 110 valence electrons. The highest BCUT2D eigenvalue weighted by molar-refractivity contribution is 5.58. The Morgan fingerprint density at radius 2 is 1.81 bits per heavy atom. The molecule has 2 aromatic rings. The maximum Gasteiger partial charge on any atom is 0.236 e. The first-order valence-corrected chi connectivity index (χ1v) is 6.87. The summed E-state index contributed by atoms with van der Waals surface area (Å²) >= 11 is 0. The van der Waals surface area contributed by atoms with Gasteiger partial charge in [-0.3, -0.25) is 0 Å². The zero-order valence-electron chi connectivity index (χ0n) is 11.9. The number of morpholine rings is 1. The van der Waals surface area contributed by atoms with E-state index in [4.69, 9.17) is 10.5 Å². The van der Waals surface area contributed by atoms with Gasteiger partial charge in [0.1, 0.15) is 0 Å². The number of nitrogens with zero attached hydrogens (tertiary/aromatic N) is 5. The standard InChI is InChI=1S/C14H18N6O/c1-19(11-5-3-2-4-6-11)13-16-12(15)17-14(18-13)20-7-9-21-10-8-20/h2-6H,7-10H2,1H3,(H2,15,16,17,18). The molecule has 0 atom stereocenters. The van der Waals surface area contributed by atoms with E-state index in [9.17, 15) is 0 Å². The number of aromatic nitrogens is 3. The molecule has 1 fully saturated rings. The van der Waals surface area contributed by atoms with Crippen LogP contribution in [0.3, 0.4) is 0 Å². The molecule has 0 saturated carbocycles. The lowest BCUT2D eigenvalue weighted by Gasteiger charge is -2.27. The van der Waals surface area contributed by atoms with Crippen LogP contribution < -0.4 is 15.5 Å². The number of ether oxygens (including phenoxy) is 1. The Morgan fingerprint density at radius 1 is 1.10 bits per heavy atom. The van der Waals surface area contributed by atoms with Gasteiger partial charge in [0.05, 0.1) is 13.2 Å². The van der Waals surface area contributed by atoms with Crippen LogP contribution in [0.25, 0.3) is 0 Å². The van der Waals surface area contributed by atoms with E-state index in [0.717, 1.165) is 18.8 Å². The Balaban J connectivity index is 1.90. The average Bonchev–Trinajstić information content (AvgIpc) is 2.55. The quantitative estimate of drug-likeness (QED) is 0.903. The summed E-state index contributed by atoms with van der Waals surface area (Å²) in [6.45, 7) is 2.88. The topological polar surface area (TPSA) is 80.4 Å². The predicted octanol–water partition coefficient (Wildman–Crippen LogP) is 1.06. The number of hydrogen-bond acceptors (Lipinski definition) is 7. The highest BCUT2D eigenvalue weighted by Crippen LogP contribution is 2.22. The van der Waals surface area contributed by atoms with E-state index in [1.807, 2.05) is 42.3 Å². The van der Waals surface area contributed by atoms with Gasteiger partial charge in [-0.1, -0.05) is 18.2 Å². The molecule has 2 N–H and O–H groups in total. The molecule has 2 heterocycles. The Bertz CT molecular complexity index is 600. The zero-order chi connectivity index (χ0) is 14.7. The van der Waals surface area contributed by atoms with Crippen molar-refractivity contribution in [2.75, 3.05) is 48.9 Å². The Hall–Kier alpha value is -2.41. The number of rotatable bonds is 3. The van der Waals surface area contributed by atoms with Gasteiger partial charge in [0.2, 0.25) is 17.8 Å². The van der Waals surface area contributed by atoms with Crippen LogP contribution in [0.1, 0.15) is 0 Å². The molecule has 0 bridgehead atoms. The number of nitrogens with two attached hydrogens (primary N) is 1. The lowest BCUT2D eigenvalue weighted by atomic mass is 10.3. The van der Waals surface area contributed by atoms with Crippen molar-refractivity contribution in [1.82, 2.24) is 15.0 Å². The van der Waals surface area contributed by atoms with Crippen LogP contribution in [0.5, 0.6) is 0 Å². The molecular formula is C14H18N6O. The fraction of sp³-hybridized carbons (Fsp3) is 0.357. The van der Waals surface area contributed by atoms with E-state index in [1.165, 1.54) is 0 Å². The maximum atomic E-state index is 5.84. The SMILES string of the molecule is CN(c1ccccc1)c1nc(N)nc(N2CCOCC2)n1. The highest BCUT2D eigenvalue weighted by Gasteiger charge is 2.17. The summed E-state index contributed by atoms with van der Waals surface area (Å²) in [4.78, 5) is 16.9. The molecule has 0 radical (unpaired) electrons. The first kappa shape index (κ1) is 13.6. The van der Waals surface area contributed by atoms with Crippen LogP contribution in [0.4, 0.5) is 23.5 Å². The number of nitrogen functional groups attached to an aromatic ring is 1. The maximum absolute atomic E-state index is 5.84. The molecule has 7 heteroatoms. The van der Waals surface area contributed by atoms with Crippen molar-refractivity contribution in [3.8, 4) is 0 Å². The zero-order valence-corrected chi connectivity index (χ0v) is 11.9. The number of benzene rings is 1. The van der Waals surface area contributed by atoms with Gasteiger partial charge in [0.15, 0.2) is 0 Å². The van der Waals surface area contributed by atoms with Gasteiger partial charge in [-0.25, -0.2) is 0 Å².